The number of aliphatic hydroxyl groups excluding tert-OH is 2. The van der Waals surface area contributed by atoms with Crippen molar-refractivity contribution in [1.29, 1.82) is 0 Å². The molecule has 0 fully saturated rings. The van der Waals surface area contributed by atoms with Gasteiger partial charge in [0.15, 0.2) is 0 Å². The van der Waals surface area contributed by atoms with Gasteiger partial charge in [-0.15, -0.1) is 5.10 Å². The molecule has 0 radical (unpaired) electrons. The molecule has 0 aliphatic heterocycles. The third kappa shape index (κ3) is 2.28. The molecule has 1 heterocycles. The Morgan fingerprint density at radius 2 is 2.27 bits per heavy atom. The lowest BCUT2D eigenvalue weighted by atomic mass is 10.4. The summed E-state index contributed by atoms with van der Waals surface area (Å²) in [5, 5.41) is 24.5. The van der Waals surface area contributed by atoms with Crippen molar-refractivity contribution < 1.29 is 10.2 Å². The van der Waals surface area contributed by atoms with Gasteiger partial charge in [-0.3, -0.25) is 4.68 Å². The molecule has 0 aromatic carbocycles. The second kappa shape index (κ2) is 4.05. The third-order valence-corrected chi connectivity index (χ3v) is 1.29. The van der Waals surface area contributed by atoms with Crippen molar-refractivity contribution in [3.8, 4) is 0 Å². The highest BCUT2D eigenvalue weighted by Gasteiger charge is 1.96. The Hall–Kier alpha value is -0.940. The Morgan fingerprint density at radius 1 is 1.45 bits per heavy atom. The van der Waals surface area contributed by atoms with Gasteiger partial charge in [0.25, 0.3) is 0 Å². The number of aromatic nitrogens is 3. The SMILES string of the molecule is OCCCn1cc(CO)nn1. The molecular formula is C6H11N3O2. The van der Waals surface area contributed by atoms with E-state index in [2.05, 4.69) is 10.3 Å². The van der Waals surface area contributed by atoms with Gasteiger partial charge in [0.2, 0.25) is 0 Å². The highest BCUT2D eigenvalue weighted by molar-refractivity contribution is 4.88. The minimum atomic E-state index is -0.0842. The molecule has 1 aromatic rings. The molecule has 0 aliphatic rings. The van der Waals surface area contributed by atoms with Crippen molar-refractivity contribution >= 4 is 0 Å². The minimum absolute atomic E-state index is 0.0842. The van der Waals surface area contributed by atoms with Crippen molar-refractivity contribution in [1.82, 2.24) is 15.0 Å². The zero-order valence-electron chi connectivity index (χ0n) is 6.14. The van der Waals surface area contributed by atoms with Gasteiger partial charge in [0, 0.05) is 13.2 Å². The average molecular weight is 157 g/mol. The first-order valence-electron chi connectivity index (χ1n) is 3.47. The van der Waals surface area contributed by atoms with Crippen molar-refractivity contribution in [2.75, 3.05) is 6.61 Å². The number of hydrogen-bond donors (Lipinski definition) is 2. The van der Waals surface area contributed by atoms with Crippen LogP contribution in [0.1, 0.15) is 12.1 Å². The average Bonchev–Trinajstić information content (AvgIpc) is 2.48. The van der Waals surface area contributed by atoms with Crippen molar-refractivity contribution in [3.05, 3.63) is 11.9 Å². The predicted octanol–water partition coefficient (Wildman–Crippen LogP) is -0.847. The summed E-state index contributed by atoms with van der Waals surface area (Å²) >= 11 is 0. The van der Waals surface area contributed by atoms with Gasteiger partial charge in [-0.05, 0) is 6.42 Å². The molecule has 0 aliphatic carbocycles. The van der Waals surface area contributed by atoms with Crippen LogP contribution in [0.25, 0.3) is 0 Å². The van der Waals surface area contributed by atoms with E-state index in [9.17, 15) is 0 Å². The molecule has 0 atom stereocenters. The van der Waals surface area contributed by atoms with E-state index < -0.39 is 0 Å². The number of nitrogens with zero attached hydrogens (tertiary/aromatic N) is 3. The van der Waals surface area contributed by atoms with E-state index in [1.54, 1.807) is 10.9 Å². The van der Waals surface area contributed by atoms with E-state index in [1.165, 1.54) is 0 Å². The second-order valence-electron chi connectivity index (χ2n) is 2.21. The van der Waals surface area contributed by atoms with Crippen LogP contribution in [0.3, 0.4) is 0 Å². The Balaban J connectivity index is 2.44. The molecule has 0 bridgehead atoms. The number of hydrogen-bond acceptors (Lipinski definition) is 4. The van der Waals surface area contributed by atoms with Gasteiger partial charge in [0.1, 0.15) is 5.69 Å². The number of aryl methyl sites for hydroxylation is 1. The first-order valence-corrected chi connectivity index (χ1v) is 3.47. The monoisotopic (exact) mass is 157 g/mol. The molecule has 0 spiro atoms. The molecule has 0 unspecified atom stereocenters. The number of rotatable bonds is 4. The molecular weight excluding hydrogens is 146 g/mol. The summed E-state index contributed by atoms with van der Waals surface area (Å²) in [6.07, 6.45) is 2.32. The molecule has 1 aromatic heterocycles. The molecule has 0 amide bonds. The molecule has 5 heteroatoms. The van der Waals surface area contributed by atoms with E-state index in [0.717, 1.165) is 0 Å². The summed E-state index contributed by atoms with van der Waals surface area (Å²) in [6.45, 7) is 0.705. The fraction of sp³-hybridized carbons (Fsp3) is 0.667. The van der Waals surface area contributed by atoms with Gasteiger partial charge in [0.05, 0.1) is 12.8 Å². The highest BCUT2D eigenvalue weighted by atomic mass is 16.3. The Morgan fingerprint density at radius 3 is 2.82 bits per heavy atom. The third-order valence-electron chi connectivity index (χ3n) is 1.29. The maximum absolute atomic E-state index is 8.61. The fourth-order valence-corrected chi connectivity index (χ4v) is 0.753. The van der Waals surface area contributed by atoms with Crippen LogP contribution in [0.2, 0.25) is 0 Å². The van der Waals surface area contributed by atoms with Crippen molar-refractivity contribution in [3.63, 3.8) is 0 Å². The summed E-state index contributed by atoms with van der Waals surface area (Å²) in [5.74, 6) is 0. The molecule has 5 nitrogen and oxygen atoms in total. The summed E-state index contributed by atoms with van der Waals surface area (Å²) in [4.78, 5) is 0. The van der Waals surface area contributed by atoms with Gasteiger partial charge in [-0.2, -0.15) is 0 Å². The molecule has 0 saturated carbocycles. The molecule has 2 N–H and O–H groups in total. The molecule has 11 heavy (non-hydrogen) atoms. The number of aliphatic hydroxyl groups is 2. The lowest BCUT2D eigenvalue weighted by molar-refractivity contribution is 0.275. The smallest absolute Gasteiger partial charge is 0.108 e. The maximum Gasteiger partial charge on any atom is 0.108 e. The van der Waals surface area contributed by atoms with Crippen LogP contribution in [0.15, 0.2) is 6.20 Å². The zero-order chi connectivity index (χ0) is 8.10. The Kier molecular flexibility index (Phi) is 3.00. The zero-order valence-corrected chi connectivity index (χ0v) is 6.14. The van der Waals surface area contributed by atoms with Crippen LogP contribution in [-0.4, -0.2) is 31.8 Å². The maximum atomic E-state index is 8.61. The van der Waals surface area contributed by atoms with E-state index in [1.807, 2.05) is 0 Å². The van der Waals surface area contributed by atoms with E-state index in [0.29, 0.717) is 18.7 Å². The van der Waals surface area contributed by atoms with Gasteiger partial charge in [-0.1, -0.05) is 5.21 Å². The lowest BCUT2D eigenvalue weighted by Crippen LogP contribution is -2.00. The van der Waals surface area contributed by atoms with Crippen LogP contribution >= 0.6 is 0 Å². The highest BCUT2D eigenvalue weighted by Crippen LogP contribution is 1.93. The fourth-order valence-electron chi connectivity index (χ4n) is 0.753. The summed E-state index contributed by atoms with van der Waals surface area (Å²) in [6, 6.07) is 0. The van der Waals surface area contributed by atoms with Crippen molar-refractivity contribution in [2.24, 2.45) is 0 Å². The first kappa shape index (κ1) is 8.16. The standard InChI is InChI=1S/C6H11N3O2/c10-3-1-2-9-4-6(5-11)7-8-9/h4,10-11H,1-3,5H2. The summed E-state index contributed by atoms with van der Waals surface area (Å²) < 4.78 is 1.60. The summed E-state index contributed by atoms with van der Waals surface area (Å²) in [5.41, 5.74) is 0.558. The topological polar surface area (TPSA) is 71.2 Å². The van der Waals surface area contributed by atoms with Crippen LogP contribution < -0.4 is 0 Å². The normalized spacial score (nSPS) is 10.4. The van der Waals surface area contributed by atoms with Gasteiger partial charge >= 0.3 is 0 Å². The molecule has 0 saturated heterocycles. The van der Waals surface area contributed by atoms with Crippen molar-refractivity contribution in [2.45, 2.75) is 19.6 Å². The second-order valence-corrected chi connectivity index (χ2v) is 2.21. The molecule has 62 valence electrons. The first-order chi connectivity index (χ1) is 5.36. The van der Waals surface area contributed by atoms with Crippen LogP contribution in [0.4, 0.5) is 0 Å². The Bertz CT molecular complexity index is 211. The summed E-state index contributed by atoms with van der Waals surface area (Å²) in [7, 11) is 0. The van der Waals surface area contributed by atoms with E-state index >= 15 is 0 Å². The molecule has 1 rings (SSSR count). The quantitative estimate of drug-likeness (QED) is 0.597. The largest absolute Gasteiger partial charge is 0.396 e. The van der Waals surface area contributed by atoms with Gasteiger partial charge in [-0.25, -0.2) is 0 Å². The Labute approximate surface area is 64.3 Å². The van der Waals surface area contributed by atoms with E-state index in [4.69, 9.17) is 10.2 Å². The van der Waals surface area contributed by atoms with Gasteiger partial charge < -0.3 is 10.2 Å². The predicted molar refractivity (Wildman–Crippen MR) is 37.6 cm³/mol. The van der Waals surface area contributed by atoms with E-state index in [-0.39, 0.29) is 13.2 Å². The van der Waals surface area contributed by atoms with Crippen LogP contribution in [-0.2, 0) is 13.2 Å². The van der Waals surface area contributed by atoms with Crippen LogP contribution in [0, 0.1) is 0 Å². The van der Waals surface area contributed by atoms with Crippen LogP contribution in [0.5, 0.6) is 0 Å². The lowest BCUT2D eigenvalue weighted by Gasteiger charge is -1.94. The minimum Gasteiger partial charge on any atom is -0.396 e.